The number of aliphatic carboxylic acids is 1. The van der Waals surface area contributed by atoms with E-state index in [9.17, 15) is 24.0 Å². The van der Waals surface area contributed by atoms with E-state index in [-0.39, 0.29) is 42.7 Å². The zero-order chi connectivity index (χ0) is 29.0. The highest BCUT2D eigenvalue weighted by Crippen LogP contribution is 2.27. The molecule has 4 unspecified atom stereocenters. The predicted octanol–water partition coefficient (Wildman–Crippen LogP) is 3.30. The number of carbonyl (C=O) groups excluding carboxylic acids is 4. The van der Waals surface area contributed by atoms with E-state index in [4.69, 9.17) is 14.6 Å². The first-order valence-corrected chi connectivity index (χ1v) is 13.1. The molecule has 3 saturated heterocycles. The SMILES string of the molecule is CC(C)C1CC(C(=O)O)CCO1.CC1(C)OC(=O)CC(=O)O1.COC(=O)CC(=O)C1CCOC(C(C)C)C1. The van der Waals surface area contributed by atoms with Crippen LogP contribution in [0.3, 0.4) is 0 Å². The van der Waals surface area contributed by atoms with Gasteiger partial charge in [0.05, 0.1) is 25.2 Å². The Morgan fingerprint density at radius 2 is 1.34 bits per heavy atom. The number of carboxylic acid groups (broad SMARTS) is 1. The van der Waals surface area contributed by atoms with Crippen LogP contribution in [0.1, 0.15) is 80.1 Å². The number of carbonyl (C=O) groups is 5. The summed E-state index contributed by atoms with van der Waals surface area (Å²) in [6.45, 7) is 12.5. The van der Waals surface area contributed by atoms with Crippen LogP contribution in [0.15, 0.2) is 0 Å². The van der Waals surface area contributed by atoms with Gasteiger partial charge in [-0.25, -0.2) is 0 Å². The van der Waals surface area contributed by atoms with E-state index in [1.165, 1.54) is 21.0 Å². The van der Waals surface area contributed by atoms with Gasteiger partial charge >= 0.3 is 23.9 Å². The highest BCUT2D eigenvalue weighted by molar-refractivity contribution is 5.96. The third kappa shape index (κ3) is 12.3. The Balaban J connectivity index is 0.000000294. The zero-order valence-electron chi connectivity index (χ0n) is 23.7. The molecule has 3 aliphatic rings. The lowest BCUT2D eigenvalue weighted by Crippen LogP contribution is -2.39. The third-order valence-corrected chi connectivity index (χ3v) is 6.48. The van der Waals surface area contributed by atoms with Crippen molar-refractivity contribution in [1.82, 2.24) is 0 Å². The molecule has 0 aromatic rings. The molecule has 0 bridgehead atoms. The van der Waals surface area contributed by atoms with Crippen LogP contribution in [0.2, 0.25) is 0 Å². The molecule has 0 aromatic carbocycles. The lowest BCUT2D eigenvalue weighted by molar-refractivity contribution is -0.231. The highest BCUT2D eigenvalue weighted by Gasteiger charge is 2.34. The van der Waals surface area contributed by atoms with Gasteiger partial charge in [-0.3, -0.25) is 24.0 Å². The number of ketones is 1. The van der Waals surface area contributed by atoms with Crippen molar-refractivity contribution < 1.29 is 52.8 Å². The van der Waals surface area contributed by atoms with Gasteiger partial charge in [0.2, 0.25) is 0 Å². The van der Waals surface area contributed by atoms with E-state index in [0.717, 1.165) is 12.8 Å². The fourth-order valence-corrected chi connectivity index (χ4v) is 4.22. The van der Waals surface area contributed by atoms with Crippen LogP contribution >= 0.6 is 0 Å². The van der Waals surface area contributed by atoms with E-state index < -0.39 is 29.7 Å². The van der Waals surface area contributed by atoms with Crippen molar-refractivity contribution >= 4 is 29.7 Å². The molecule has 218 valence electrons. The van der Waals surface area contributed by atoms with Gasteiger partial charge in [0, 0.05) is 33.0 Å². The van der Waals surface area contributed by atoms with Crippen LogP contribution in [0.25, 0.3) is 0 Å². The second kappa shape index (κ2) is 15.8. The molecule has 0 spiro atoms. The first-order valence-electron chi connectivity index (χ1n) is 13.1. The van der Waals surface area contributed by atoms with Crippen molar-refractivity contribution in [2.24, 2.45) is 23.7 Å². The van der Waals surface area contributed by atoms with Gasteiger partial charge in [0.15, 0.2) is 0 Å². The molecular weight excluding hydrogens is 500 g/mol. The van der Waals surface area contributed by atoms with E-state index >= 15 is 0 Å². The molecule has 11 nitrogen and oxygen atoms in total. The van der Waals surface area contributed by atoms with Gasteiger partial charge in [-0.1, -0.05) is 27.7 Å². The summed E-state index contributed by atoms with van der Waals surface area (Å²) in [6.07, 6.45) is 2.69. The molecule has 0 aliphatic carbocycles. The predicted molar refractivity (Wildman–Crippen MR) is 135 cm³/mol. The van der Waals surface area contributed by atoms with Gasteiger partial charge in [0.1, 0.15) is 18.6 Å². The lowest BCUT2D eigenvalue weighted by Gasteiger charge is -2.31. The van der Waals surface area contributed by atoms with Gasteiger partial charge in [0.25, 0.3) is 5.79 Å². The Morgan fingerprint density at radius 3 is 1.74 bits per heavy atom. The molecule has 3 fully saturated rings. The summed E-state index contributed by atoms with van der Waals surface area (Å²) in [5, 5.41) is 8.78. The van der Waals surface area contributed by atoms with Crippen molar-refractivity contribution in [1.29, 1.82) is 0 Å². The van der Waals surface area contributed by atoms with Crippen molar-refractivity contribution in [3.8, 4) is 0 Å². The number of esters is 3. The first kappa shape index (κ1) is 33.5. The van der Waals surface area contributed by atoms with Crippen molar-refractivity contribution in [2.75, 3.05) is 20.3 Å². The normalized spacial score (nSPS) is 26.6. The van der Waals surface area contributed by atoms with Crippen LogP contribution in [0, 0.1) is 23.7 Å². The maximum Gasteiger partial charge on any atom is 0.320 e. The Labute approximate surface area is 224 Å². The van der Waals surface area contributed by atoms with Crippen molar-refractivity contribution in [2.45, 2.75) is 98.1 Å². The molecular formula is C27H44O11. The average molecular weight is 545 g/mol. The van der Waals surface area contributed by atoms with Crippen LogP contribution < -0.4 is 0 Å². The maximum absolute atomic E-state index is 11.8. The smallest absolute Gasteiger partial charge is 0.320 e. The Morgan fingerprint density at radius 1 is 0.895 bits per heavy atom. The van der Waals surface area contributed by atoms with Gasteiger partial charge in [-0.15, -0.1) is 0 Å². The third-order valence-electron chi connectivity index (χ3n) is 6.48. The number of Topliss-reactive ketones (excluding diaryl/α,β-unsaturated/α-hetero) is 1. The van der Waals surface area contributed by atoms with Crippen LogP contribution in [-0.2, 0) is 47.7 Å². The molecule has 0 saturated carbocycles. The highest BCUT2D eigenvalue weighted by atomic mass is 16.7. The molecule has 11 heteroatoms. The molecule has 0 amide bonds. The molecule has 3 heterocycles. The topological polar surface area (TPSA) is 152 Å². The van der Waals surface area contributed by atoms with E-state index in [1.807, 2.05) is 0 Å². The standard InChI is InChI=1S/C12H20O4.C9H16O3.C6H8O4/c1-8(2)11-6-9(4-5-16-11)10(13)7-12(14)15-3;1-6(2)8-5-7(9(10)11)3-4-12-8;1-6(2)9-4(7)3-5(8)10-6/h8-9,11H,4-7H2,1-3H3;6-8H,3-5H2,1-2H3,(H,10,11);3H2,1-2H3. The summed E-state index contributed by atoms with van der Waals surface area (Å²) in [5.41, 5.74) is 0. The summed E-state index contributed by atoms with van der Waals surface area (Å²) in [6, 6.07) is 0. The monoisotopic (exact) mass is 544 g/mol. The largest absolute Gasteiger partial charge is 0.481 e. The van der Waals surface area contributed by atoms with Crippen LogP contribution in [0.4, 0.5) is 0 Å². The summed E-state index contributed by atoms with van der Waals surface area (Å²) < 4.78 is 24.9. The summed E-state index contributed by atoms with van der Waals surface area (Å²) >= 11 is 0. The number of carboxylic acids is 1. The second-order valence-corrected chi connectivity index (χ2v) is 10.8. The number of hydrogen-bond donors (Lipinski definition) is 1. The quantitative estimate of drug-likeness (QED) is 0.387. The minimum atomic E-state index is -1.08. The Bertz CT molecular complexity index is 800. The maximum atomic E-state index is 11.8. The fraction of sp³-hybridized carbons (Fsp3) is 0.815. The number of ether oxygens (including phenoxy) is 5. The average Bonchev–Trinajstić information content (AvgIpc) is 2.83. The number of hydrogen-bond acceptors (Lipinski definition) is 10. The van der Waals surface area contributed by atoms with Gasteiger partial charge < -0.3 is 28.8 Å². The van der Waals surface area contributed by atoms with Crippen molar-refractivity contribution in [3.63, 3.8) is 0 Å². The molecule has 0 aromatic heterocycles. The fourth-order valence-electron chi connectivity index (χ4n) is 4.22. The minimum absolute atomic E-state index is 0.0131. The molecule has 1 N–H and O–H groups in total. The van der Waals surface area contributed by atoms with Crippen LogP contribution in [0.5, 0.6) is 0 Å². The van der Waals surface area contributed by atoms with E-state index in [1.54, 1.807) is 0 Å². The number of methoxy groups -OCH3 is 1. The Kier molecular flexibility index (Phi) is 13.9. The zero-order valence-corrected chi connectivity index (χ0v) is 23.7. The lowest BCUT2D eigenvalue weighted by atomic mass is 9.86. The second-order valence-electron chi connectivity index (χ2n) is 10.8. The molecule has 4 atom stereocenters. The van der Waals surface area contributed by atoms with Gasteiger partial charge in [-0.05, 0) is 37.5 Å². The van der Waals surface area contributed by atoms with E-state index in [2.05, 4.69) is 41.9 Å². The van der Waals surface area contributed by atoms with E-state index in [0.29, 0.717) is 37.9 Å². The minimum Gasteiger partial charge on any atom is -0.481 e. The Hall–Kier alpha value is -2.53. The molecule has 3 rings (SSSR count). The summed E-state index contributed by atoms with van der Waals surface area (Å²) in [4.78, 5) is 54.6. The van der Waals surface area contributed by atoms with Gasteiger partial charge in [-0.2, -0.15) is 0 Å². The molecule has 38 heavy (non-hydrogen) atoms. The van der Waals surface area contributed by atoms with Crippen LogP contribution in [-0.4, -0.2) is 73.1 Å². The summed E-state index contributed by atoms with van der Waals surface area (Å²) in [7, 11) is 1.30. The van der Waals surface area contributed by atoms with Crippen molar-refractivity contribution in [3.05, 3.63) is 0 Å². The molecule has 0 radical (unpaired) electrons. The first-order chi connectivity index (χ1) is 17.6. The number of rotatable bonds is 6. The molecule has 3 aliphatic heterocycles. The summed E-state index contributed by atoms with van der Waals surface area (Å²) in [5.74, 6) is -2.66. The number of cyclic esters (lactones) is 2.